The van der Waals surface area contributed by atoms with Gasteiger partial charge in [-0.15, -0.1) is 0 Å². The minimum Gasteiger partial charge on any atom is -0.379 e. The molecule has 0 saturated heterocycles. The van der Waals surface area contributed by atoms with E-state index >= 15 is 0 Å². The van der Waals surface area contributed by atoms with Crippen LogP contribution >= 0.6 is 15.9 Å². The van der Waals surface area contributed by atoms with Crippen molar-refractivity contribution in [1.29, 1.82) is 0 Å². The van der Waals surface area contributed by atoms with Gasteiger partial charge in [0, 0.05) is 16.6 Å². The zero-order valence-electron chi connectivity index (χ0n) is 8.78. The summed E-state index contributed by atoms with van der Waals surface area (Å²) in [5, 5.41) is 3.02. The third kappa shape index (κ3) is 3.45. The van der Waals surface area contributed by atoms with Gasteiger partial charge >= 0.3 is 0 Å². The van der Waals surface area contributed by atoms with Gasteiger partial charge < -0.3 is 5.32 Å². The summed E-state index contributed by atoms with van der Waals surface area (Å²) < 4.78 is 26.6. The molecule has 1 N–H and O–H groups in total. The van der Waals surface area contributed by atoms with Crippen molar-refractivity contribution in [2.24, 2.45) is 0 Å². The molecule has 0 saturated carbocycles. The van der Waals surface area contributed by atoms with Crippen LogP contribution in [0, 0.1) is 11.6 Å². The van der Waals surface area contributed by atoms with Crippen LogP contribution in [0.5, 0.6) is 0 Å². The zero-order chi connectivity index (χ0) is 11.4. The van der Waals surface area contributed by atoms with Gasteiger partial charge in [0.05, 0.1) is 5.69 Å². The number of benzene rings is 1. The van der Waals surface area contributed by atoms with Crippen molar-refractivity contribution >= 4 is 21.6 Å². The van der Waals surface area contributed by atoms with E-state index in [4.69, 9.17) is 0 Å². The highest BCUT2D eigenvalue weighted by atomic mass is 79.9. The predicted molar refractivity (Wildman–Crippen MR) is 62.1 cm³/mol. The molecular formula is C11H14BrF2N. The summed E-state index contributed by atoms with van der Waals surface area (Å²) >= 11 is 3.14. The second-order valence-corrected chi connectivity index (χ2v) is 4.43. The highest BCUT2D eigenvalue weighted by Gasteiger charge is 2.11. The molecule has 0 heterocycles. The fourth-order valence-electron chi connectivity index (χ4n) is 1.43. The van der Waals surface area contributed by atoms with Crippen LogP contribution in [0.2, 0.25) is 0 Å². The average molecular weight is 278 g/mol. The average Bonchev–Trinajstić information content (AvgIpc) is 2.11. The van der Waals surface area contributed by atoms with Gasteiger partial charge in [0.1, 0.15) is 11.6 Å². The van der Waals surface area contributed by atoms with Gasteiger partial charge in [-0.25, -0.2) is 8.78 Å². The number of rotatable bonds is 4. The Balaban J connectivity index is 2.85. The van der Waals surface area contributed by atoms with Gasteiger partial charge in [0.15, 0.2) is 0 Å². The molecular weight excluding hydrogens is 264 g/mol. The van der Waals surface area contributed by atoms with Gasteiger partial charge in [0.25, 0.3) is 0 Å². The van der Waals surface area contributed by atoms with E-state index in [2.05, 4.69) is 28.2 Å². The number of nitrogens with one attached hydrogen (secondary N) is 1. The van der Waals surface area contributed by atoms with Crippen LogP contribution in [0.3, 0.4) is 0 Å². The normalized spacial score (nSPS) is 12.6. The maximum atomic E-state index is 13.4. The first-order valence-corrected chi connectivity index (χ1v) is 5.75. The molecule has 1 nitrogen and oxygen atoms in total. The molecule has 0 amide bonds. The van der Waals surface area contributed by atoms with Crippen LogP contribution in [-0.2, 0) is 0 Å². The molecule has 1 aromatic carbocycles. The molecule has 1 aromatic rings. The lowest BCUT2D eigenvalue weighted by Crippen LogP contribution is -2.16. The Labute approximate surface area is 97.0 Å². The fourth-order valence-corrected chi connectivity index (χ4v) is 1.95. The van der Waals surface area contributed by atoms with Gasteiger partial charge in [-0.05, 0) is 35.3 Å². The topological polar surface area (TPSA) is 12.0 Å². The van der Waals surface area contributed by atoms with E-state index < -0.39 is 11.6 Å². The van der Waals surface area contributed by atoms with Crippen molar-refractivity contribution in [3.05, 3.63) is 28.2 Å². The summed E-state index contributed by atoms with van der Waals surface area (Å²) in [4.78, 5) is 0. The van der Waals surface area contributed by atoms with Crippen molar-refractivity contribution in [3.8, 4) is 0 Å². The van der Waals surface area contributed by atoms with Gasteiger partial charge in [-0.1, -0.05) is 13.3 Å². The van der Waals surface area contributed by atoms with E-state index in [1.54, 1.807) is 0 Å². The molecule has 0 aliphatic rings. The molecule has 0 spiro atoms. The van der Waals surface area contributed by atoms with E-state index in [0.29, 0.717) is 10.2 Å². The molecule has 0 fully saturated rings. The fraction of sp³-hybridized carbons (Fsp3) is 0.455. The number of anilines is 1. The Morgan fingerprint density at radius 3 is 2.60 bits per heavy atom. The van der Waals surface area contributed by atoms with Gasteiger partial charge in [-0.2, -0.15) is 0 Å². The summed E-state index contributed by atoms with van der Waals surface area (Å²) in [6.45, 7) is 4.03. The summed E-state index contributed by atoms with van der Waals surface area (Å²) in [5.74, 6) is -1.14. The molecule has 0 aliphatic heterocycles. The predicted octanol–water partition coefficient (Wildman–Crippen LogP) is 4.33. The van der Waals surface area contributed by atoms with Crippen molar-refractivity contribution in [3.63, 3.8) is 0 Å². The minimum absolute atomic E-state index is 0.172. The first kappa shape index (κ1) is 12.4. The molecule has 15 heavy (non-hydrogen) atoms. The zero-order valence-corrected chi connectivity index (χ0v) is 10.4. The van der Waals surface area contributed by atoms with Crippen LogP contribution in [0.15, 0.2) is 16.6 Å². The monoisotopic (exact) mass is 277 g/mol. The molecule has 4 heteroatoms. The van der Waals surface area contributed by atoms with Gasteiger partial charge in [-0.3, -0.25) is 0 Å². The first-order valence-electron chi connectivity index (χ1n) is 4.95. The number of hydrogen-bond donors (Lipinski definition) is 1. The number of hydrogen-bond acceptors (Lipinski definition) is 1. The molecule has 1 unspecified atom stereocenters. The first-order chi connectivity index (χ1) is 7.04. The summed E-state index contributed by atoms with van der Waals surface area (Å²) in [6, 6.07) is 2.31. The maximum absolute atomic E-state index is 13.4. The molecule has 84 valence electrons. The van der Waals surface area contributed by atoms with E-state index in [-0.39, 0.29) is 6.04 Å². The van der Waals surface area contributed by atoms with Crippen LogP contribution in [-0.4, -0.2) is 6.04 Å². The minimum atomic E-state index is -0.576. The molecule has 1 rings (SSSR count). The van der Waals surface area contributed by atoms with Crippen LogP contribution in [0.1, 0.15) is 26.7 Å². The van der Waals surface area contributed by atoms with Crippen molar-refractivity contribution in [2.75, 3.05) is 5.32 Å². The standard InChI is InChI=1S/C11H14BrF2N/c1-3-4-7(2)15-11-9(12)5-8(13)6-10(11)14/h5-7,15H,3-4H2,1-2H3. The second-order valence-electron chi connectivity index (χ2n) is 3.58. The lowest BCUT2D eigenvalue weighted by atomic mass is 10.2. The van der Waals surface area contributed by atoms with Crippen molar-refractivity contribution in [1.82, 2.24) is 0 Å². The van der Waals surface area contributed by atoms with E-state index in [0.717, 1.165) is 18.9 Å². The van der Waals surface area contributed by atoms with Gasteiger partial charge in [0.2, 0.25) is 0 Å². The maximum Gasteiger partial charge on any atom is 0.150 e. The van der Waals surface area contributed by atoms with E-state index in [1.807, 2.05) is 6.92 Å². The largest absolute Gasteiger partial charge is 0.379 e. The Bertz CT molecular complexity index is 318. The third-order valence-electron chi connectivity index (χ3n) is 2.12. The van der Waals surface area contributed by atoms with Crippen molar-refractivity contribution < 1.29 is 8.78 Å². The Morgan fingerprint density at radius 2 is 2.07 bits per heavy atom. The lowest BCUT2D eigenvalue weighted by molar-refractivity contribution is 0.580. The van der Waals surface area contributed by atoms with E-state index in [9.17, 15) is 8.78 Å². The second kappa shape index (κ2) is 5.45. The third-order valence-corrected chi connectivity index (χ3v) is 2.74. The van der Waals surface area contributed by atoms with E-state index in [1.165, 1.54) is 6.07 Å². The molecule has 0 bridgehead atoms. The lowest BCUT2D eigenvalue weighted by Gasteiger charge is -2.16. The number of halogens is 3. The Morgan fingerprint density at radius 1 is 1.40 bits per heavy atom. The van der Waals surface area contributed by atoms with Crippen LogP contribution in [0.4, 0.5) is 14.5 Å². The molecule has 0 radical (unpaired) electrons. The highest BCUT2D eigenvalue weighted by Crippen LogP contribution is 2.27. The summed E-state index contributed by atoms with van der Waals surface area (Å²) in [6.07, 6.45) is 1.97. The summed E-state index contributed by atoms with van der Waals surface area (Å²) in [5.41, 5.74) is 0.331. The smallest absolute Gasteiger partial charge is 0.150 e. The Kier molecular flexibility index (Phi) is 4.51. The Hall–Kier alpha value is -0.640. The molecule has 0 aliphatic carbocycles. The van der Waals surface area contributed by atoms with Crippen molar-refractivity contribution in [2.45, 2.75) is 32.7 Å². The molecule has 0 aromatic heterocycles. The van der Waals surface area contributed by atoms with Crippen LogP contribution in [0.25, 0.3) is 0 Å². The molecule has 1 atom stereocenters. The van der Waals surface area contributed by atoms with Crippen LogP contribution < -0.4 is 5.32 Å². The quantitative estimate of drug-likeness (QED) is 0.864. The summed E-state index contributed by atoms with van der Waals surface area (Å²) in [7, 11) is 0. The highest BCUT2D eigenvalue weighted by molar-refractivity contribution is 9.10. The SMILES string of the molecule is CCCC(C)Nc1c(F)cc(F)cc1Br.